The van der Waals surface area contributed by atoms with Crippen molar-refractivity contribution < 1.29 is 26.7 Å². The van der Waals surface area contributed by atoms with Crippen molar-refractivity contribution >= 4 is 17.3 Å². The standard InChI is InChI=1S/C27H33F5N2O/c28-19-23(29)6-2-3-7-26(35)33-24-15-12-21(18-25(24)34-16-4-1-5-17-34)9-8-20-10-13-22(14-11-20)27(30,31)32/h10-15,18,23H,1-9,16-17,19H2,(H,33,35)/t23-/m0/s1. The number of unbranched alkanes of at least 4 members (excludes halogenated alkanes) is 1. The van der Waals surface area contributed by atoms with Crippen LogP contribution in [0.25, 0.3) is 0 Å². The second-order valence-corrected chi connectivity index (χ2v) is 9.14. The smallest absolute Gasteiger partial charge is 0.370 e. The predicted octanol–water partition coefficient (Wildman–Crippen LogP) is 7.29. The first-order chi connectivity index (χ1) is 16.8. The molecule has 1 fully saturated rings. The number of hydrogen-bond donors (Lipinski definition) is 1. The van der Waals surface area contributed by atoms with Crippen LogP contribution in [0, 0.1) is 0 Å². The lowest BCUT2D eigenvalue weighted by Crippen LogP contribution is -2.30. The molecule has 0 spiro atoms. The Labute approximate surface area is 203 Å². The molecular weight excluding hydrogens is 463 g/mol. The molecule has 0 aliphatic carbocycles. The highest BCUT2D eigenvalue weighted by atomic mass is 19.4. The summed E-state index contributed by atoms with van der Waals surface area (Å²) in [5, 5.41) is 2.98. The van der Waals surface area contributed by atoms with Crippen molar-refractivity contribution in [1.82, 2.24) is 0 Å². The van der Waals surface area contributed by atoms with Crippen LogP contribution in [0.4, 0.5) is 33.3 Å². The lowest BCUT2D eigenvalue weighted by atomic mass is 10.0. The van der Waals surface area contributed by atoms with E-state index in [1.165, 1.54) is 18.6 Å². The fourth-order valence-electron chi connectivity index (χ4n) is 4.33. The zero-order chi connectivity index (χ0) is 25.3. The Hall–Kier alpha value is -2.64. The maximum atomic E-state index is 13.0. The zero-order valence-corrected chi connectivity index (χ0v) is 19.8. The Morgan fingerprint density at radius 2 is 1.60 bits per heavy atom. The third kappa shape index (κ3) is 8.51. The molecule has 2 aromatic carbocycles. The van der Waals surface area contributed by atoms with Gasteiger partial charge in [0, 0.05) is 19.5 Å². The molecule has 192 valence electrons. The van der Waals surface area contributed by atoms with Crippen LogP contribution >= 0.6 is 0 Å². The summed E-state index contributed by atoms with van der Waals surface area (Å²) in [6.45, 7) is 0.801. The number of piperidine rings is 1. The van der Waals surface area contributed by atoms with E-state index < -0.39 is 24.6 Å². The summed E-state index contributed by atoms with van der Waals surface area (Å²) >= 11 is 0. The van der Waals surface area contributed by atoms with Gasteiger partial charge in [-0.15, -0.1) is 0 Å². The van der Waals surface area contributed by atoms with Gasteiger partial charge in [-0.3, -0.25) is 4.79 Å². The van der Waals surface area contributed by atoms with Gasteiger partial charge in [0.15, 0.2) is 0 Å². The van der Waals surface area contributed by atoms with Crippen molar-refractivity contribution in [3.8, 4) is 0 Å². The van der Waals surface area contributed by atoms with Gasteiger partial charge in [0.1, 0.15) is 12.8 Å². The van der Waals surface area contributed by atoms with Gasteiger partial charge in [-0.25, -0.2) is 8.78 Å². The largest absolute Gasteiger partial charge is 0.416 e. The number of nitrogens with one attached hydrogen (secondary N) is 1. The van der Waals surface area contributed by atoms with Gasteiger partial charge in [-0.05, 0) is 86.8 Å². The number of benzene rings is 2. The van der Waals surface area contributed by atoms with E-state index in [4.69, 9.17) is 0 Å². The Balaban J connectivity index is 1.64. The monoisotopic (exact) mass is 496 g/mol. The first-order valence-electron chi connectivity index (χ1n) is 12.3. The third-order valence-corrected chi connectivity index (χ3v) is 6.36. The first-order valence-corrected chi connectivity index (χ1v) is 12.3. The predicted molar refractivity (Wildman–Crippen MR) is 129 cm³/mol. The molecule has 0 unspecified atom stereocenters. The van der Waals surface area contributed by atoms with Gasteiger partial charge in [0.05, 0.1) is 16.9 Å². The molecule has 8 heteroatoms. The Kier molecular flexibility index (Phi) is 9.93. The molecule has 3 nitrogen and oxygen atoms in total. The molecule has 1 atom stereocenters. The highest BCUT2D eigenvalue weighted by Crippen LogP contribution is 2.32. The highest BCUT2D eigenvalue weighted by molar-refractivity contribution is 5.94. The maximum absolute atomic E-state index is 13.0. The topological polar surface area (TPSA) is 32.3 Å². The van der Waals surface area contributed by atoms with Crippen molar-refractivity contribution in [3.05, 3.63) is 59.2 Å². The summed E-state index contributed by atoms with van der Waals surface area (Å²) in [6.07, 6.45) is 0.105. The average Bonchev–Trinajstić information content (AvgIpc) is 2.86. The Morgan fingerprint density at radius 1 is 0.943 bits per heavy atom. The van der Waals surface area contributed by atoms with E-state index in [-0.39, 0.29) is 18.7 Å². The molecule has 2 aromatic rings. The summed E-state index contributed by atoms with van der Waals surface area (Å²) in [6, 6.07) is 11.1. The lowest BCUT2D eigenvalue weighted by molar-refractivity contribution is -0.137. The van der Waals surface area contributed by atoms with E-state index in [1.54, 1.807) is 0 Å². The van der Waals surface area contributed by atoms with Gasteiger partial charge in [-0.1, -0.05) is 18.2 Å². The van der Waals surface area contributed by atoms with Crippen LogP contribution in [0.2, 0.25) is 0 Å². The minimum Gasteiger partial charge on any atom is -0.370 e. The number of aryl methyl sites for hydroxylation is 2. The quantitative estimate of drug-likeness (QED) is 0.262. The Morgan fingerprint density at radius 3 is 2.26 bits per heavy atom. The molecule has 0 radical (unpaired) electrons. The number of hydrogen-bond acceptors (Lipinski definition) is 2. The maximum Gasteiger partial charge on any atom is 0.416 e. The minimum atomic E-state index is -4.34. The SMILES string of the molecule is O=C(CCCC[C@H](F)CF)Nc1ccc(CCc2ccc(C(F)(F)F)cc2)cc1N1CCCCC1. The molecule has 0 saturated carbocycles. The van der Waals surface area contributed by atoms with Gasteiger partial charge >= 0.3 is 6.18 Å². The Bertz CT molecular complexity index is 940. The van der Waals surface area contributed by atoms with Crippen LogP contribution in [0.15, 0.2) is 42.5 Å². The first kappa shape index (κ1) is 27.0. The van der Waals surface area contributed by atoms with E-state index in [0.717, 1.165) is 60.6 Å². The van der Waals surface area contributed by atoms with Gasteiger partial charge < -0.3 is 10.2 Å². The van der Waals surface area contributed by atoms with Crippen molar-refractivity contribution in [2.45, 2.75) is 70.1 Å². The van der Waals surface area contributed by atoms with E-state index in [2.05, 4.69) is 16.3 Å². The molecule has 0 bridgehead atoms. The normalized spacial score (nSPS) is 15.2. The van der Waals surface area contributed by atoms with Crippen LogP contribution in [0.1, 0.15) is 61.6 Å². The van der Waals surface area contributed by atoms with Gasteiger partial charge in [-0.2, -0.15) is 13.2 Å². The molecule has 1 saturated heterocycles. The number of anilines is 2. The summed E-state index contributed by atoms with van der Waals surface area (Å²) in [5.41, 5.74) is 2.90. The highest BCUT2D eigenvalue weighted by Gasteiger charge is 2.29. The van der Waals surface area contributed by atoms with Crippen molar-refractivity contribution in [2.75, 3.05) is 30.0 Å². The molecule has 1 heterocycles. The summed E-state index contributed by atoms with van der Waals surface area (Å²) in [5.74, 6) is -0.156. The van der Waals surface area contributed by atoms with Crippen LogP contribution < -0.4 is 10.2 Å². The molecule has 3 rings (SSSR count). The molecule has 0 aromatic heterocycles. The number of carbonyl (C=O) groups excluding carboxylic acids is 1. The van der Waals surface area contributed by atoms with Crippen molar-refractivity contribution in [2.24, 2.45) is 0 Å². The summed E-state index contributed by atoms with van der Waals surface area (Å²) in [4.78, 5) is 14.7. The minimum absolute atomic E-state index is 0.121. The summed E-state index contributed by atoms with van der Waals surface area (Å²) < 4.78 is 63.6. The fraction of sp³-hybridized carbons (Fsp3) is 0.519. The molecule has 1 amide bonds. The molecule has 35 heavy (non-hydrogen) atoms. The zero-order valence-electron chi connectivity index (χ0n) is 19.8. The van der Waals surface area contributed by atoms with Crippen LogP contribution in [0.5, 0.6) is 0 Å². The number of alkyl halides is 5. The number of halogens is 5. The van der Waals surface area contributed by atoms with Crippen LogP contribution in [-0.2, 0) is 23.8 Å². The summed E-state index contributed by atoms with van der Waals surface area (Å²) in [7, 11) is 0. The third-order valence-electron chi connectivity index (χ3n) is 6.36. The van der Waals surface area contributed by atoms with Gasteiger partial charge in [0.25, 0.3) is 0 Å². The average molecular weight is 497 g/mol. The second kappa shape index (κ2) is 12.9. The van der Waals surface area contributed by atoms with Gasteiger partial charge in [0.2, 0.25) is 5.91 Å². The number of nitrogens with zero attached hydrogens (tertiary/aromatic N) is 1. The number of carbonyl (C=O) groups is 1. The number of rotatable bonds is 11. The van der Waals surface area contributed by atoms with E-state index in [9.17, 15) is 26.7 Å². The molecule has 1 aliphatic rings. The second-order valence-electron chi connectivity index (χ2n) is 9.14. The van der Waals surface area contributed by atoms with Crippen LogP contribution in [-0.4, -0.2) is 31.8 Å². The van der Waals surface area contributed by atoms with Crippen LogP contribution in [0.3, 0.4) is 0 Å². The van der Waals surface area contributed by atoms with E-state index in [0.29, 0.717) is 25.7 Å². The fourth-order valence-corrected chi connectivity index (χ4v) is 4.33. The van der Waals surface area contributed by atoms with Crippen molar-refractivity contribution in [3.63, 3.8) is 0 Å². The molecular formula is C27H33F5N2O. The lowest BCUT2D eigenvalue weighted by Gasteiger charge is -2.31. The van der Waals surface area contributed by atoms with Crippen molar-refractivity contribution in [1.29, 1.82) is 0 Å². The molecule has 1 aliphatic heterocycles. The number of amides is 1. The van der Waals surface area contributed by atoms with E-state index >= 15 is 0 Å². The van der Waals surface area contributed by atoms with E-state index in [1.807, 2.05) is 12.1 Å². The molecule has 1 N–H and O–H groups in total.